The second kappa shape index (κ2) is 4.37. The standard InChI is InChI=1S/C16H16O9/c1-14(23)11(20)12(21)15-10(19)8-6(3-5(24-2)4-7(8)17)9(18)16(15,25-15)13(14)22/h3-4,11-13,17,20-23H,1-2H3/t11-,12-,13+,14-,15?,16?/m0/s1. The number of epoxide rings is 1. The summed E-state index contributed by atoms with van der Waals surface area (Å²) in [6.07, 6.45) is -5.90. The van der Waals surface area contributed by atoms with E-state index in [9.17, 15) is 35.1 Å². The van der Waals surface area contributed by atoms with Crippen LogP contribution in [0.25, 0.3) is 0 Å². The van der Waals surface area contributed by atoms with E-state index in [4.69, 9.17) is 9.47 Å². The minimum absolute atomic E-state index is 0.0968. The van der Waals surface area contributed by atoms with Crippen molar-refractivity contribution in [3.63, 3.8) is 0 Å². The first-order chi connectivity index (χ1) is 11.6. The van der Waals surface area contributed by atoms with E-state index >= 15 is 0 Å². The number of methoxy groups -OCH3 is 1. The van der Waals surface area contributed by atoms with Crippen molar-refractivity contribution in [1.82, 2.24) is 0 Å². The molecule has 1 aromatic rings. The number of phenols is 1. The van der Waals surface area contributed by atoms with Crippen LogP contribution in [0.2, 0.25) is 0 Å². The number of aliphatic hydroxyl groups is 4. The molecule has 1 aliphatic heterocycles. The molecule has 1 saturated carbocycles. The first kappa shape index (κ1) is 16.4. The lowest BCUT2D eigenvalue weighted by Crippen LogP contribution is -2.73. The fourth-order valence-corrected chi connectivity index (χ4v) is 4.09. The normalized spacial score (nSPS) is 44.6. The summed E-state index contributed by atoms with van der Waals surface area (Å²) in [4.78, 5) is 26.0. The number of hydrogen-bond donors (Lipinski definition) is 5. The molecule has 2 fully saturated rings. The highest BCUT2D eigenvalue weighted by Gasteiger charge is 2.92. The van der Waals surface area contributed by atoms with Crippen molar-refractivity contribution in [2.45, 2.75) is 42.0 Å². The summed E-state index contributed by atoms with van der Waals surface area (Å²) in [5.74, 6) is -2.31. The third kappa shape index (κ3) is 1.48. The number of rotatable bonds is 1. The maximum absolute atomic E-state index is 13.0. The molecule has 6 atom stereocenters. The number of aliphatic hydroxyl groups excluding tert-OH is 3. The van der Waals surface area contributed by atoms with Crippen LogP contribution in [-0.2, 0) is 4.74 Å². The molecule has 0 amide bonds. The van der Waals surface area contributed by atoms with Gasteiger partial charge in [0, 0.05) is 11.6 Å². The van der Waals surface area contributed by atoms with Crippen LogP contribution < -0.4 is 4.74 Å². The van der Waals surface area contributed by atoms with Gasteiger partial charge in [-0.3, -0.25) is 9.59 Å². The molecule has 0 spiro atoms. The van der Waals surface area contributed by atoms with Gasteiger partial charge in [-0.15, -0.1) is 0 Å². The number of phenolic OH excluding ortho intramolecular Hbond substituents is 1. The molecule has 1 heterocycles. The van der Waals surface area contributed by atoms with Crippen molar-refractivity contribution in [3.8, 4) is 11.5 Å². The molecule has 134 valence electrons. The molecular formula is C16H16O9. The number of ether oxygens (including phenoxy) is 2. The second-order valence-corrected chi connectivity index (χ2v) is 6.82. The molecule has 0 aromatic heterocycles. The van der Waals surface area contributed by atoms with E-state index in [0.717, 1.165) is 13.0 Å². The number of carbonyl (C=O) groups excluding carboxylic acids is 2. The van der Waals surface area contributed by atoms with Crippen molar-refractivity contribution in [1.29, 1.82) is 0 Å². The fraction of sp³-hybridized carbons (Fsp3) is 0.500. The molecule has 9 heteroatoms. The van der Waals surface area contributed by atoms with Gasteiger partial charge >= 0.3 is 0 Å². The molecule has 1 saturated heterocycles. The molecule has 0 radical (unpaired) electrons. The van der Waals surface area contributed by atoms with E-state index in [1.807, 2.05) is 0 Å². The highest BCUT2D eigenvalue weighted by atomic mass is 16.7. The summed E-state index contributed by atoms with van der Waals surface area (Å²) < 4.78 is 10.3. The minimum atomic E-state index is -2.30. The average molecular weight is 352 g/mol. The topological polar surface area (TPSA) is 157 Å². The lowest BCUT2D eigenvalue weighted by molar-refractivity contribution is -0.195. The van der Waals surface area contributed by atoms with Gasteiger partial charge in [-0.05, 0) is 13.0 Å². The van der Waals surface area contributed by atoms with Crippen LogP contribution in [0.1, 0.15) is 27.6 Å². The lowest BCUT2D eigenvalue weighted by Gasteiger charge is -2.46. The quantitative estimate of drug-likeness (QED) is 0.365. The van der Waals surface area contributed by atoms with E-state index in [0.29, 0.717) is 0 Å². The zero-order chi connectivity index (χ0) is 18.5. The Bertz CT molecular complexity index is 831. The number of fused-ring (bicyclic) bond motifs is 1. The summed E-state index contributed by atoms with van der Waals surface area (Å²) in [6.45, 7) is 1.03. The average Bonchev–Trinajstić information content (AvgIpc) is 3.29. The van der Waals surface area contributed by atoms with Gasteiger partial charge in [-0.1, -0.05) is 0 Å². The lowest BCUT2D eigenvalue weighted by atomic mass is 9.59. The molecule has 5 N–H and O–H groups in total. The molecule has 0 bridgehead atoms. The summed E-state index contributed by atoms with van der Waals surface area (Å²) in [6, 6.07) is 2.32. The molecule has 25 heavy (non-hydrogen) atoms. The van der Waals surface area contributed by atoms with Crippen LogP contribution in [0.5, 0.6) is 11.5 Å². The van der Waals surface area contributed by atoms with E-state index in [1.165, 1.54) is 13.2 Å². The van der Waals surface area contributed by atoms with Crippen LogP contribution >= 0.6 is 0 Å². The Hall–Kier alpha value is -2.04. The Morgan fingerprint density at radius 3 is 2.32 bits per heavy atom. The Kier molecular flexibility index (Phi) is 2.88. The Morgan fingerprint density at radius 2 is 1.72 bits per heavy atom. The van der Waals surface area contributed by atoms with Crippen molar-refractivity contribution in [2.75, 3.05) is 7.11 Å². The molecule has 4 rings (SSSR count). The van der Waals surface area contributed by atoms with Gasteiger partial charge in [0.25, 0.3) is 0 Å². The predicted molar refractivity (Wildman–Crippen MR) is 78.5 cm³/mol. The van der Waals surface area contributed by atoms with Gasteiger partial charge in [0.15, 0.2) is 11.2 Å². The summed E-state index contributed by atoms with van der Waals surface area (Å²) >= 11 is 0. The molecule has 3 aliphatic rings. The highest BCUT2D eigenvalue weighted by molar-refractivity contribution is 6.27. The zero-order valence-electron chi connectivity index (χ0n) is 13.3. The van der Waals surface area contributed by atoms with Crippen molar-refractivity contribution in [2.24, 2.45) is 0 Å². The maximum atomic E-state index is 13.0. The number of aromatic hydroxyl groups is 1. The summed E-state index contributed by atoms with van der Waals surface area (Å²) in [5, 5.41) is 51.5. The Balaban J connectivity index is 2.00. The molecule has 1 aromatic carbocycles. The first-order valence-corrected chi connectivity index (χ1v) is 7.54. The fourth-order valence-electron chi connectivity index (χ4n) is 4.09. The van der Waals surface area contributed by atoms with Gasteiger partial charge in [0.1, 0.15) is 35.4 Å². The molecule has 2 aliphatic carbocycles. The van der Waals surface area contributed by atoms with Crippen LogP contribution in [0.3, 0.4) is 0 Å². The van der Waals surface area contributed by atoms with Crippen molar-refractivity contribution in [3.05, 3.63) is 23.3 Å². The van der Waals surface area contributed by atoms with Gasteiger partial charge in [0.05, 0.1) is 12.7 Å². The zero-order valence-corrected chi connectivity index (χ0v) is 13.3. The largest absolute Gasteiger partial charge is 0.507 e. The maximum Gasteiger partial charge on any atom is 0.205 e. The van der Waals surface area contributed by atoms with Gasteiger partial charge in [-0.25, -0.2) is 0 Å². The first-order valence-electron chi connectivity index (χ1n) is 7.54. The third-order valence-corrected chi connectivity index (χ3v) is 5.56. The Labute approximate surface area is 141 Å². The van der Waals surface area contributed by atoms with Crippen molar-refractivity contribution < 1.29 is 44.6 Å². The number of benzene rings is 1. The van der Waals surface area contributed by atoms with Gasteiger partial charge in [-0.2, -0.15) is 0 Å². The van der Waals surface area contributed by atoms with Crippen LogP contribution in [0.15, 0.2) is 12.1 Å². The SMILES string of the molecule is COc1cc(O)c2c(c1)C(=O)C13OC1(C2=O)[C@@H](O)[C@H](O)[C@](C)(O)[C@H]3O. The number of Topliss-reactive ketones (excluding diaryl/α,β-unsaturated/α-hetero) is 2. The molecular weight excluding hydrogens is 336 g/mol. The summed E-state index contributed by atoms with van der Waals surface area (Å²) in [5.41, 5.74) is -7.44. The smallest absolute Gasteiger partial charge is 0.205 e. The number of ketones is 2. The van der Waals surface area contributed by atoms with E-state index in [2.05, 4.69) is 0 Å². The number of hydrogen-bond acceptors (Lipinski definition) is 9. The van der Waals surface area contributed by atoms with E-state index in [1.54, 1.807) is 0 Å². The minimum Gasteiger partial charge on any atom is -0.507 e. The van der Waals surface area contributed by atoms with Crippen LogP contribution in [0, 0.1) is 0 Å². The summed E-state index contributed by atoms with van der Waals surface area (Å²) in [7, 11) is 1.30. The Morgan fingerprint density at radius 1 is 1.08 bits per heavy atom. The second-order valence-electron chi connectivity index (χ2n) is 6.82. The highest BCUT2D eigenvalue weighted by Crippen LogP contribution is 2.65. The van der Waals surface area contributed by atoms with Crippen molar-refractivity contribution >= 4 is 11.6 Å². The van der Waals surface area contributed by atoms with Crippen LogP contribution in [-0.4, -0.2) is 79.3 Å². The van der Waals surface area contributed by atoms with E-state index < -0.39 is 52.4 Å². The van der Waals surface area contributed by atoms with Gasteiger partial charge in [0.2, 0.25) is 11.6 Å². The third-order valence-electron chi connectivity index (χ3n) is 5.56. The van der Waals surface area contributed by atoms with E-state index in [-0.39, 0.29) is 16.9 Å². The predicted octanol–water partition coefficient (Wildman–Crippen LogP) is -1.87. The van der Waals surface area contributed by atoms with Crippen LogP contribution in [0.4, 0.5) is 0 Å². The monoisotopic (exact) mass is 352 g/mol. The molecule has 2 unspecified atom stereocenters. The van der Waals surface area contributed by atoms with Gasteiger partial charge < -0.3 is 35.0 Å². The molecule has 9 nitrogen and oxygen atoms in total. The number of carbonyl (C=O) groups is 2.